The second-order valence-electron chi connectivity index (χ2n) is 6.87. The highest BCUT2D eigenvalue weighted by molar-refractivity contribution is 7.13. The summed E-state index contributed by atoms with van der Waals surface area (Å²) in [5.41, 5.74) is 5.12. The van der Waals surface area contributed by atoms with Crippen LogP contribution >= 0.6 is 11.3 Å². The Labute approximate surface area is 179 Å². The Morgan fingerprint density at radius 3 is 2.70 bits per heavy atom. The fraction of sp³-hybridized carbons (Fsp3) is 0.227. The lowest BCUT2D eigenvalue weighted by Crippen LogP contribution is -2.36. The standard InChI is InChI=1S/C22H24N6OS/c1-15-11-16(2)28(27-15)19-8-5-4-7-17(19)12-24-22(23-3)25-13-18-14-29-21(26-18)20-9-6-10-30-20/h4-11,14H,12-13H2,1-3H3,(H2,23,24,25). The molecule has 0 aliphatic rings. The second-order valence-corrected chi connectivity index (χ2v) is 7.82. The van der Waals surface area contributed by atoms with Gasteiger partial charge in [0.05, 0.1) is 28.5 Å². The summed E-state index contributed by atoms with van der Waals surface area (Å²) in [6.07, 6.45) is 1.67. The highest BCUT2D eigenvalue weighted by Crippen LogP contribution is 2.23. The van der Waals surface area contributed by atoms with Gasteiger partial charge < -0.3 is 15.1 Å². The number of aliphatic imine (C=N–C) groups is 1. The maximum Gasteiger partial charge on any atom is 0.236 e. The molecule has 154 valence electrons. The number of aryl methyl sites for hydroxylation is 2. The van der Waals surface area contributed by atoms with Crippen LogP contribution < -0.4 is 10.6 Å². The quantitative estimate of drug-likeness (QED) is 0.363. The van der Waals surface area contributed by atoms with Gasteiger partial charge in [-0.2, -0.15) is 5.10 Å². The molecule has 2 N–H and O–H groups in total. The summed E-state index contributed by atoms with van der Waals surface area (Å²) in [7, 11) is 1.75. The van der Waals surface area contributed by atoms with Crippen molar-refractivity contribution in [2.75, 3.05) is 7.05 Å². The third kappa shape index (κ3) is 4.44. The Morgan fingerprint density at radius 2 is 1.97 bits per heavy atom. The van der Waals surface area contributed by atoms with Crippen molar-refractivity contribution < 1.29 is 4.42 Å². The van der Waals surface area contributed by atoms with Gasteiger partial charge in [0, 0.05) is 19.3 Å². The molecule has 1 aromatic carbocycles. The van der Waals surface area contributed by atoms with E-state index in [-0.39, 0.29) is 0 Å². The van der Waals surface area contributed by atoms with E-state index in [1.54, 1.807) is 24.6 Å². The van der Waals surface area contributed by atoms with Gasteiger partial charge in [0.2, 0.25) is 5.89 Å². The van der Waals surface area contributed by atoms with Crippen LogP contribution in [0.5, 0.6) is 0 Å². The molecular formula is C22H24N6OS. The molecule has 0 radical (unpaired) electrons. The first-order valence-corrected chi connectivity index (χ1v) is 10.6. The molecule has 3 heterocycles. The summed E-state index contributed by atoms with van der Waals surface area (Å²) in [5, 5.41) is 13.3. The zero-order valence-electron chi connectivity index (χ0n) is 17.2. The third-order valence-electron chi connectivity index (χ3n) is 4.62. The first-order valence-electron chi connectivity index (χ1n) is 9.68. The highest BCUT2D eigenvalue weighted by Gasteiger charge is 2.10. The van der Waals surface area contributed by atoms with E-state index in [0.29, 0.717) is 24.9 Å². The molecule has 4 rings (SSSR count). The number of benzene rings is 1. The summed E-state index contributed by atoms with van der Waals surface area (Å²) in [5.74, 6) is 1.34. The van der Waals surface area contributed by atoms with E-state index in [1.165, 1.54) is 0 Å². The molecule has 0 saturated carbocycles. The first kappa shape index (κ1) is 19.9. The van der Waals surface area contributed by atoms with Crippen LogP contribution in [0.25, 0.3) is 16.5 Å². The van der Waals surface area contributed by atoms with Gasteiger partial charge in [-0.15, -0.1) is 11.3 Å². The Balaban J connectivity index is 1.39. The van der Waals surface area contributed by atoms with Gasteiger partial charge in [-0.1, -0.05) is 24.3 Å². The SMILES string of the molecule is CN=C(NCc1coc(-c2cccs2)n1)NCc1ccccc1-n1nc(C)cc1C. The van der Waals surface area contributed by atoms with Gasteiger partial charge in [0.1, 0.15) is 6.26 Å². The molecule has 0 fully saturated rings. The average molecular weight is 421 g/mol. The smallest absolute Gasteiger partial charge is 0.236 e. The monoisotopic (exact) mass is 420 g/mol. The summed E-state index contributed by atoms with van der Waals surface area (Å²) < 4.78 is 7.55. The van der Waals surface area contributed by atoms with Crippen LogP contribution in [0.15, 0.2) is 63.5 Å². The lowest BCUT2D eigenvalue weighted by Gasteiger charge is -2.14. The number of oxazole rings is 1. The molecule has 30 heavy (non-hydrogen) atoms. The van der Waals surface area contributed by atoms with Crippen LogP contribution in [0, 0.1) is 13.8 Å². The minimum Gasteiger partial charge on any atom is -0.443 e. The number of aromatic nitrogens is 3. The summed E-state index contributed by atoms with van der Waals surface area (Å²) in [6, 6.07) is 14.3. The van der Waals surface area contributed by atoms with Crippen molar-refractivity contribution in [2.24, 2.45) is 4.99 Å². The molecule has 0 unspecified atom stereocenters. The molecule has 0 bridgehead atoms. The van der Waals surface area contributed by atoms with Crippen molar-refractivity contribution in [1.29, 1.82) is 0 Å². The molecular weight excluding hydrogens is 396 g/mol. The van der Waals surface area contributed by atoms with Crippen molar-refractivity contribution in [3.8, 4) is 16.5 Å². The number of hydrogen-bond acceptors (Lipinski definition) is 5. The average Bonchev–Trinajstić information content (AvgIpc) is 3.49. The van der Waals surface area contributed by atoms with Crippen LogP contribution in [0.3, 0.4) is 0 Å². The summed E-state index contributed by atoms with van der Waals surface area (Å²) >= 11 is 1.61. The molecule has 0 atom stereocenters. The van der Waals surface area contributed by atoms with E-state index in [2.05, 4.69) is 50.8 Å². The molecule has 3 aromatic heterocycles. The van der Waals surface area contributed by atoms with E-state index in [0.717, 1.165) is 33.2 Å². The van der Waals surface area contributed by atoms with Crippen molar-refractivity contribution in [3.63, 3.8) is 0 Å². The Hall–Kier alpha value is -3.39. The zero-order valence-corrected chi connectivity index (χ0v) is 18.0. The van der Waals surface area contributed by atoms with Crippen LogP contribution in [0.4, 0.5) is 0 Å². The van der Waals surface area contributed by atoms with E-state index >= 15 is 0 Å². The number of nitrogens with one attached hydrogen (secondary N) is 2. The Kier molecular flexibility index (Phi) is 5.94. The Bertz CT molecular complexity index is 1140. The number of nitrogens with zero attached hydrogens (tertiary/aromatic N) is 4. The van der Waals surface area contributed by atoms with Crippen LogP contribution in [0.2, 0.25) is 0 Å². The number of para-hydroxylation sites is 1. The summed E-state index contributed by atoms with van der Waals surface area (Å²) in [4.78, 5) is 9.86. The molecule has 0 amide bonds. The van der Waals surface area contributed by atoms with E-state index in [4.69, 9.17) is 4.42 Å². The Morgan fingerprint density at radius 1 is 1.13 bits per heavy atom. The van der Waals surface area contributed by atoms with E-state index in [9.17, 15) is 0 Å². The van der Waals surface area contributed by atoms with Gasteiger partial charge >= 0.3 is 0 Å². The van der Waals surface area contributed by atoms with Crippen molar-refractivity contribution in [2.45, 2.75) is 26.9 Å². The number of rotatable bonds is 6. The maximum absolute atomic E-state index is 5.57. The van der Waals surface area contributed by atoms with Gasteiger partial charge in [0.15, 0.2) is 5.96 Å². The number of thiophene rings is 1. The predicted octanol–water partition coefficient (Wildman–Crippen LogP) is 4.07. The molecule has 0 spiro atoms. The predicted molar refractivity (Wildman–Crippen MR) is 120 cm³/mol. The minimum absolute atomic E-state index is 0.521. The largest absolute Gasteiger partial charge is 0.443 e. The van der Waals surface area contributed by atoms with E-state index in [1.807, 2.05) is 41.3 Å². The fourth-order valence-electron chi connectivity index (χ4n) is 3.22. The second kappa shape index (κ2) is 8.96. The van der Waals surface area contributed by atoms with E-state index < -0.39 is 0 Å². The molecule has 0 aliphatic carbocycles. The summed E-state index contributed by atoms with van der Waals surface area (Å²) in [6.45, 7) is 5.21. The van der Waals surface area contributed by atoms with Crippen LogP contribution in [-0.4, -0.2) is 27.8 Å². The normalized spacial score (nSPS) is 11.6. The van der Waals surface area contributed by atoms with Crippen LogP contribution in [0.1, 0.15) is 22.6 Å². The zero-order chi connectivity index (χ0) is 20.9. The van der Waals surface area contributed by atoms with Crippen molar-refractivity contribution in [3.05, 3.63) is 76.8 Å². The van der Waals surface area contributed by atoms with Gasteiger partial charge in [-0.3, -0.25) is 4.99 Å². The molecule has 7 nitrogen and oxygen atoms in total. The minimum atomic E-state index is 0.521. The highest BCUT2D eigenvalue weighted by atomic mass is 32.1. The lowest BCUT2D eigenvalue weighted by atomic mass is 10.1. The van der Waals surface area contributed by atoms with Crippen molar-refractivity contribution in [1.82, 2.24) is 25.4 Å². The van der Waals surface area contributed by atoms with Crippen LogP contribution in [-0.2, 0) is 13.1 Å². The molecule has 8 heteroatoms. The van der Waals surface area contributed by atoms with Gasteiger partial charge in [-0.25, -0.2) is 9.67 Å². The fourth-order valence-corrected chi connectivity index (χ4v) is 3.87. The van der Waals surface area contributed by atoms with Gasteiger partial charge in [0.25, 0.3) is 0 Å². The number of guanidine groups is 1. The first-order chi connectivity index (χ1) is 14.6. The molecule has 0 aliphatic heterocycles. The van der Waals surface area contributed by atoms with Crippen molar-refractivity contribution >= 4 is 17.3 Å². The molecule has 0 saturated heterocycles. The molecule has 4 aromatic rings. The lowest BCUT2D eigenvalue weighted by molar-refractivity contribution is 0.573. The maximum atomic E-state index is 5.57. The number of hydrogen-bond donors (Lipinski definition) is 2. The van der Waals surface area contributed by atoms with Gasteiger partial charge in [-0.05, 0) is 43.0 Å². The third-order valence-corrected chi connectivity index (χ3v) is 5.48. The topological polar surface area (TPSA) is 80.3 Å².